The number of nitrogens with one attached hydrogen (secondary N) is 2. The molecule has 1 unspecified atom stereocenters. The third-order valence-corrected chi connectivity index (χ3v) is 4.62. The molecule has 2 N–H and O–H groups in total. The van der Waals surface area contributed by atoms with Gasteiger partial charge in [0.25, 0.3) is 5.91 Å². The van der Waals surface area contributed by atoms with Crippen molar-refractivity contribution in [2.24, 2.45) is 0 Å². The maximum absolute atomic E-state index is 13.1. The van der Waals surface area contributed by atoms with Crippen molar-refractivity contribution >= 4 is 11.9 Å². The fourth-order valence-electron chi connectivity index (χ4n) is 3.27. The summed E-state index contributed by atoms with van der Waals surface area (Å²) >= 11 is 0. The van der Waals surface area contributed by atoms with E-state index in [1.54, 1.807) is 19.6 Å². The van der Waals surface area contributed by atoms with Crippen LogP contribution in [0.25, 0.3) is 11.1 Å². The Labute approximate surface area is 145 Å². The van der Waals surface area contributed by atoms with E-state index < -0.39 is 5.54 Å². The van der Waals surface area contributed by atoms with Crippen molar-refractivity contribution < 1.29 is 9.21 Å². The fraction of sp³-hybridized carbons (Fsp3) is 0.100. The van der Waals surface area contributed by atoms with Crippen LogP contribution in [0.5, 0.6) is 0 Å². The lowest BCUT2D eigenvalue weighted by Gasteiger charge is -2.28. The number of furan rings is 1. The summed E-state index contributed by atoms with van der Waals surface area (Å²) in [5, 5.41) is 11.2. The number of benzene rings is 2. The first-order valence-corrected chi connectivity index (χ1v) is 7.96. The monoisotopic (exact) mass is 331 g/mol. The van der Waals surface area contributed by atoms with Gasteiger partial charge in [0.15, 0.2) is 11.5 Å². The average Bonchev–Trinajstić information content (AvgIpc) is 3.27. The molecular formula is C20H17N3O2. The molecule has 2 aromatic carbocycles. The van der Waals surface area contributed by atoms with E-state index in [-0.39, 0.29) is 11.9 Å². The zero-order valence-corrected chi connectivity index (χ0v) is 13.7. The first-order valence-electron chi connectivity index (χ1n) is 7.96. The van der Waals surface area contributed by atoms with Gasteiger partial charge in [0.2, 0.25) is 0 Å². The highest BCUT2D eigenvalue weighted by Crippen LogP contribution is 2.37. The van der Waals surface area contributed by atoms with Crippen molar-refractivity contribution in [3.8, 4) is 11.1 Å². The number of carbonyl (C=O) groups is 1. The number of guanidine groups is 1. The smallest absolute Gasteiger partial charge is 0.264 e. The van der Waals surface area contributed by atoms with E-state index in [0.717, 1.165) is 22.3 Å². The highest BCUT2D eigenvalue weighted by atomic mass is 16.3. The zero-order chi connectivity index (χ0) is 17.4. The van der Waals surface area contributed by atoms with Crippen LogP contribution in [0, 0.1) is 5.41 Å². The summed E-state index contributed by atoms with van der Waals surface area (Å²) in [7, 11) is 1.61. The molecule has 5 nitrogen and oxygen atoms in total. The molecule has 0 aliphatic carbocycles. The van der Waals surface area contributed by atoms with E-state index in [4.69, 9.17) is 9.83 Å². The highest BCUT2D eigenvalue weighted by molar-refractivity contribution is 6.10. The van der Waals surface area contributed by atoms with E-state index in [1.165, 1.54) is 4.90 Å². The van der Waals surface area contributed by atoms with E-state index >= 15 is 0 Å². The second-order valence-corrected chi connectivity index (χ2v) is 6.05. The molecule has 124 valence electrons. The molecule has 5 heteroatoms. The van der Waals surface area contributed by atoms with Gasteiger partial charge in [0.05, 0.1) is 12.5 Å². The quantitative estimate of drug-likeness (QED) is 0.774. The number of carbonyl (C=O) groups excluding carboxylic acids is 1. The van der Waals surface area contributed by atoms with Crippen LogP contribution in [0.4, 0.5) is 0 Å². The summed E-state index contributed by atoms with van der Waals surface area (Å²) in [6.45, 7) is 0. The van der Waals surface area contributed by atoms with Crippen molar-refractivity contribution in [1.29, 1.82) is 5.41 Å². The van der Waals surface area contributed by atoms with E-state index in [0.29, 0.717) is 0 Å². The molecule has 1 fully saturated rings. The molecule has 1 atom stereocenters. The van der Waals surface area contributed by atoms with Gasteiger partial charge in [-0.2, -0.15) is 0 Å². The molecule has 0 radical (unpaired) electrons. The minimum atomic E-state index is -1.10. The van der Waals surface area contributed by atoms with Gasteiger partial charge in [-0.3, -0.25) is 15.1 Å². The largest absolute Gasteiger partial charge is 0.472 e. The minimum Gasteiger partial charge on any atom is -0.472 e. The Morgan fingerprint density at radius 2 is 1.76 bits per heavy atom. The zero-order valence-electron chi connectivity index (χ0n) is 13.7. The van der Waals surface area contributed by atoms with E-state index in [9.17, 15) is 4.79 Å². The second kappa shape index (κ2) is 5.63. The molecule has 0 saturated carbocycles. The lowest BCUT2D eigenvalue weighted by atomic mass is 9.81. The fourth-order valence-corrected chi connectivity index (χ4v) is 3.27. The highest BCUT2D eigenvalue weighted by Gasteiger charge is 2.50. The van der Waals surface area contributed by atoms with Gasteiger partial charge >= 0.3 is 0 Å². The van der Waals surface area contributed by atoms with Crippen LogP contribution in [-0.2, 0) is 10.3 Å². The Balaban J connectivity index is 1.93. The van der Waals surface area contributed by atoms with Crippen molar-refractivity contribution in [2.75, 3.05) is 7.05 Å². The maximum Gasteiger partial charge on any atom is 0.264 e. The average molecular weight is 331 g/mol. The molecule has 25 heavy (non-hydrogen) atoms. The number of nitrogens with zero attached hydrogens (tertiary/aromatic N) is 1. The molecule has 1 saturated heterocycles. The molecule has 3 aromatic rings. The number of rotatable bonds is 3. The number of hydrogen-bond donors (Lipinski definition) is 2. The van der Waals surface area contributed by atoms with Crippen LogP contribution in [0.3, 0.4) is 0 Å². The predicted octanol–water partition coefficient (Wildman–Crippen LogP) is 3.19. The lowest BCUT2D eigenvalue weighted by Crippen LogP contribution is -2.45. The first kappa shape index (κ1) is 15.2. The standard InChI is InChI=1S/C20H17N3O2/c1-23-18(24)20(22-19(23)21,16-7-3-2-4-8-16)17-9-5-6-14(12-17)15-10-11-25-13-15/h2-13H,1H3,(H2,21,22). The number of likely N-dealkylation sites (N-methyl/N-ethyl adjacent to an activating group) is 1. The van der Waals surface area contributed by atoms with Crippen molar-refractivity contribution in [2.45, 2.75) is 5.54 Å². The Morgan fingerprint density at radius 3 is 2.40 bits per heavy atom. The van der Waals surface area contributed by atoms with E-state index in [2.05, 4.69) is 5.32 Å². The van der Waals surface area contributed by atoms with Crippen LogP contribution in [0.1, 0.15) is 11.1 Å². The Bertz CT molecular complexity index is 935. The Morgan fingerprint density at radius 1 is 1.00 bits per heavy atom. The van der Waals surface area contributed by atoms with Crippen LogP contribution in [0.15, 0.2) is 77.6 Å². The molecule has 1 amide bonds. The summed E-state index contributed by atoms with van der Waals surface area (Å²) in [4.78, 5) is 14.5. The third kappa shape index (κ3) is 2.24. The topological polar surface area (TPSA) is 69.3 Å². The molecule has 4 rings (SSSR count). The molecule has 1 aliphatic heterocycles. The molecule has 0 spiro atoms. The third-order valence-electron chi connectivity index (χ3n) is 4.62. The lowest BCUT2D eigenvalue weighted by molar-refractivity contribution is -0.129. The molecule has 0 bridgehead atoms. The first-order chi connectivity index (χ1) is 12.1. The molecule has 1 aromatic heterocycles. The van der Waals surface area contributed by atoms with Gasteiger partial charge in [-0.25, -0.2) is 0 Å². The van der Waals surface area contributed by atoms with Gasteiger partial charge < -0.3 is 9.73 Å². The number of hydrogen-bond acceptors (Lipinski definition) is 3. The van der Waals surface area contributed by atoms with Crippen LogP contribution < -0.4 is 5.32 Å². The van der Waals surface area contributed by atoms with Gasteiger partial charge in [-0.15, -0.1) is 0 Å². The van der Waals surface area contributed by atoms with E-state index in [1.807, 2.05) is 60.7 Å². The minimum absolute atomic E-state index is 0.0857. The second-order valence-electron chi connectivity index (χ2n) is 6.05. The number of amides is 1. The molecular weight excluding hydrogens is 314 g/mol. The Hall–Kier alpha value is -3.34. The van der Waals surface area contributed by atoms with Crippen LogP contribution >= 0.6 is 0 Å². The van der Waals surface area contributed by atoms with Crippen LogP contribution in [0.2, 0.25) is 0 Å². The van der Waals surface area contributed by atoms with Gasteiger partial charge in [-0.05, 0) is 28.8 Å². The van der Waals surface area contributed by atoms with Gasteiger partial charge in [0, 0.05) is 12.6 Å². The normalized spacial score (nSPS) is 20.0. The van der Waals surface area contributed by atoms with Crippen molar-refractivity contribution in [1.82, 2.24) is 10.2 Å². The maximum atomic E-state index is 13.1. The summed E-state index contributed by atoms with van der Waals surface area (Å²) in [5.74, 6) is -0.0874. The summed E-state index contributed by atoms with van der Waals surface area (Å²) < 4.78 is 5.17. The summed E-state index contributed by atoms with van der Waals surface area (Å²) in [6.07, 6.45) is 3.30. The molecule has 1 aliphatic rings. The Kier molecular flexibility index (Phi) is 3.42. The van der Waals surface area contributed by atoms with Crippen molar-refractivity contribution in [3.05, 3.63) is 84.3 Å². The van der Waals surface area contributed by atoms with Crippen LogP contribution in [-0.4, -0.2) is 23.8 Å². The predicted molar refractivity (Wildman–Crippen MR) is 95.0 cm³/mol. The molecule has 2 heterocycles. The van der Waals surface area contributed by atoms with Crippen molar-refractivity contribution in [3.63, 3.8) is 0 Å². The van der Waals surface area contributed by atoms with Gasteiger partial charge in [0.1, 0.15) is 0 Å². The summed E-state index contributed by atoms with van der Waals surface area (Å²) in [5.41, 5.74) is 2.39. The summed E-state index contributed by atoms with van der Waals surface area (Å²) in [6, 6.07) is 19.2. The van der Waals surface area contributed by atoms with Gasteiger partial charge in [-0.1, -0.05) is 48.5 Å². The SMILES string of the molecule is CN1C(=N)NC(c2ccccc2)(c2cccc(-c3ccoc3)c2)C1=O.